The number of hydrogen-bond donors (Lipinski definition) is 3. The summed E-state index contributed by atoms with van der Waals surface area (Å²) in [5.74, 6) is 1.38. The molecule has 1 fully saturated rings. The lowest BCUT2D eigenvalue weighted by Crippen LogP contribution is -2.45. The first-order chi connectivity index (χ1) is 9.17. The molecule has 0 radical (unpaired) electrons. The number of carbonyl (C=O) groups excluding carboxylic acids is 1. The van der Waals surface area contributed by atoms with Gasteiger partial charge in [0.1, 0.15) is 5.60 Å². The molecule has 0 atom stereocenters. The molecule has 0 bridgehead atoms. The fraction of sp³-hybridized carbons (Fsp3) is 0.357. The molecule has 1 aromatic heterocycles. The summed E-state index contributed by atoms with van der Waals surface area (Å²) in [6.45, 7) is 0. The predicted octanol–water partition coefficient (Wildman–Crippen LogP) is 2.36. The van der Waals surface area contributed by atoms with Gasteiger partial charge in [-0.25, -0.2) is 0 Å². The highest BCUT2D eigenvalue weighted by Gasteiger charge is 2.37. The highest BCUT2D eigenvalue weighted by molar-refractivity contribution is 7.99. The van der Waals surface area contributed by atoms with Crippen LogP contribution in [0.3, 0.4) is 0 Å². The van der Waals surface area contributed by atoms with Crippen molar-refractivity contribution in [1.29, 1.82) is 0 Å². The minimum absolute atomic E-state index is 0.289. The van der Waals surface area contributed by atoms with Crippen molar-refractivity contribution < 1.29 is 9.90 Å². The number of anilines is 1. The molecular formula is C14H16N2O2S. The standard InChI is InChI=1S/C14H16N2O2S/c17-13(14(18)4-7-19-8-5-14)16-11-1-2-12-10(9-11)3-6-15-12/h1-3,6,9,15,18H,4-5,7-8H2,(H,16,17). The van der Waals surface area contributed by atoms with Gasteiger partial charge in [-0.2, -0.15) is 11.8 Å². The van der Waals surface area contributed by atoms with Crippen LogP contribution in [0.1, 0.15) is 12.8 Å². The van der Waals surface area contributed by atoms with Crippen LogP contribution in [0.4, 0.5) is 5.69 Å². The van der Waals surface area contributed by atoms with Crippen LogP contribution < -0.4 is 5.32 Å². The maximum atomic E-state index is 12.2. The summed E-state index contributed by atoms with van der Waals surface area (Å²) in [6.07, 6.45) is 2.91. The van der Waals surface area contributed by atoms with Gasteiger partial charge >= 0.3 is 0 Å². The van der Waals surface area contributed by atoms with Crippen LogP contribution in [0.2, 0.25) is 0 Å². The van der Waals surface area contributed by atoms with Crippen LogP contribution in [0.5, 0.6) is 0 Å². The highest BCUT2D eigenvalue weighted by Crippen LogP contribution is 2.28. The molecule has 0 spiro atoms. The summed E-state index contributed by atoms with van der Waals surface area (Å²) >= 11 is 1.78. The van der Waals surface area contributed by atoms with Crippen molar-refractivity contribution >= 4 is 34.3 Å². The second kappa shape index (κ2) is 4.90. The maximum Gasteiger partial charge on any atom is 0.256 e. The second-order valence-electron chi connectivity index (χ2n) is 4.88. The van der Waals surface area contributed by atoms with Crippen molar-refractivity contribution in [3.8, 4) is 0 Å². The molecule has 5 heteroatoms. The van der Waals surface area contributed by atoms with Gasteiger partial charge in [0.05, 0.1) is 0 Å². The molecule has 19 heavy (non-hydrogen) atoms. The molecule has 1 aromatic carbocycles. The van der Waals surface area contributed by atoms with Crippen molar-refractivity contribution in [2.45, 2.75) is 18.4 Å². The molecule has 1 saturated heterocycles. The van der Waals surface area contributed by atoms with E-state index in [2.05, 4.69) is 10.3 Å². The molecule has 1 aliphatic heterocycles. The Kier molecular flexibility index (Phi) is 3.24. The zero-order valence-electron chi connectivity index (χ0n) is 10.5. The number of thioether (sulfide) groups is 1. The Balaban J connectivity index is 1.78. The number of aromatic nitrogens is 1. The maximum absolute atomic E-state index is 12.2. The smallest absolute Gasteiger partial charge is 0.256 e. The van der Waals surface area contributed by atoms with Gasteiger partial charge in [0, 0.05) is 22.8 Å². The number of hydrogen-bond acceptors (Lipinski definition) is 3. The second-order valence-corrected chi connectivity index (χ2v) is 6.10. The van der Waals surface area contributed by atoms with Crippen LogP contribution in [0.25, 0.3) is 10.9 Å². The monoisotopic (exact) mass is 276 g/mol. The first-order valence-corrected chi connectivity index (χ1v) is 7.52. The number of nitrogens with one attached hydrogen (secondary N) is 2. The Morgan fingerprint density at radius 2 is 2.11 bits per heavy atom. The predicted molar refractivity (Wildman–Crippen MR) is 78.4 cm³/mol. The first kappa shape index (κ1) is 12.6. The van der Waals surface area contributed by atoms with Crippen LogP contribution in [0.15, 0.2) is 30.5 Å². The summed E-state index contributed by atoms with van der Waals surface area (Å²) < 4.78 is 0. The Labute approximate surface area is 115 Å². The highest BCUT2D eigenvalue weighted by atomic mass is 32.2. The molecule has 4 nitrogen and oxygen atoms in total. The Morgan fingerprint density at radius 3 is 2.89 bits per heavy atom. The molecule has 1 aliphatic rings. The number of aliphatic hydroxyl groups is 1. The molecular weight excluding hydrogens is 260 g/mol. The zero-order valence-corrected chi connectivity index (χ0v) is 11.3. The number of carbonyl (C=O) groups is 1. The Hall–Kier alpha value is -1.46. The summed E-state index contributed by atoms with van der Waals surface area (Å²) in [6, 6.07) is 7.63. The van der Waals surface area contributed by atoms with E-state index in [-0.39, 0.29) is 5.91 Å². The minimum atomic E-state index is -1.21. The normalized spacial score (nSPS) is 18.4. The van der Waals surface area contributed by atoms with Crippen molar-refractivity contribution in [2.24, 2.45) is 0 Å². The number of aromatic amines is 1. The van der Waals surface area contributed by atoms with Gasteiger partial charge in [0.15, 0.2) is 0 Å². The number of H-pyrrole nitrogens is 1. The third kappa shape index (κ3) is 2.48. The summed E-state index contributed by atoms with van der Waals surface area (Å²) in [4.78, 5) is 15.3. The molecule has 0 aliphatic carbocycles. The molecule has 2 heterocycles. The van der Waals surface area contributed by atoms with Gasteiger partial charge < -0.3 is 15.4 Å². The summed E-state index contributed by atoms with van der Waals surface area (Å²) in [5, 5.41) is 14.2. The van der Waals surface area contributed by atoms with Gasteiger partial charge in [0.2, 0.25) is 0 Å². The molecule has 0 unspecified atom stereocenters. The lowest BCUT2D eigenvalue weighted by atomic mass is 9.95. The fourth-order valence-electron chi connectivity index (χ4n) is 2.31. The van der Waals surface area contributed by atoms with E-state index in [1.807, 2.05) is 30.5 Å². The van der Waals surface area contributed by atoms with Crippen LogP contribution in [-0.4, -0.2) is 33.1 Å². The van der Waals surface area contributed by atoms with E-state index in [1.54, 1.807) is 11.8 Å². The van der Waals surface area contributed by atoms with Gasteiger partial charge in [-0.15, -0.1) is 0 Å². The Bertz CT molecular complexity index is 602. The number of amides is 1. The third-order valence-corrected chi connectivity index (χ3v) is 4.54. The lowest BCUT2D eigenvalue weighted by Gasteiger charge is -2.30. The minimum Gasteiger partial charge on any atom is -0.380 e. The molecule has 0 saturated carbocycles. The van der Waals surface area contributed by atoms with Crippen molar-refractivity contribution in [2.75, 3.05) is 16.8 Å². The van der Waals surface area contributed by atoms with E-state index in [4.69, 9.17) is 0 Å². The number of benzene rings is 1. The van der Waals surface area contributed by atoms with Crippen LogP contribution in [-0.2, 0) is 4.79 Å². The fourth-order valence-corrected chi connectivity index (χ4v) is 3.48. The average molecular weight is 276 g/mol. The third-order valence-electron chi connectivity index (χ3n) is 3.55. The molecule has 3 N–H and O–H groups in total. The van der Waals surface area contributed by atoms with E-state index in [0.29, 0.717) is 12.8 Å². The van der Waals surface area contributed by atoms with E-state index in [0.717, 1.165) is 28.1 Å². The van der Waals surface area contributed by atoms with Gasteiger partial charge in [0.25, 0.3) is 5.91 Å². The van der Waals surface area contributed by atoms with E-state index < -0.39 is 5.60 Å². The van der Waals surface area contributed by atoms with E-state index in [1.165, 1.54) is 0 Å². The van der Waals surface area contributed by atoms with Gasteiger partial charge in [-0.3, -0.25) is 4.79 Å². The first-order valence-electron chi connectivity index (χ1n) is 6.36. The quantitative estimate of drug-likeness (QED) is 0.789. The van der Waals surface area contributed by atoms with Gasteiger partial charge in [-0.1, -0.05) is 0 Å². The Morgan fingerprint density at radius 1 is 1.32 bits per heavy atom. The molecule has 100 valence electrons. The summed E-state index contributed by atoms with van der Waals surface area (Å²) in [5.41, 5.74) is 0.549. The topological polar surface area (TPSA) is 65.1 Å². The van der Waals surface area contributed by atoms with Crippen LogP contribution in [0, 0.1) is 0 Å². The molecule has 3 rings (SSSR count). The SMILES string of the molecule is O=C(Nc1ccc2[nH]ccc2c1)C1(O)CCSCC1. The van der Waals surface area contributed by atoms with Crippen LogP contribution >= 0.6 is 11.8 Å². The van der Waals surface area contributed by atoms with Crippen molar-refractivity contribution in [3.05, 3.63) is 30.5 Å². The lowest BCUT2D eigenvalue weighted by molar-refractivity contribution is -0.134. The largest absolute Gasteiger partial charge is 0.380 e. The molecule has 2 aromatic rings. The average Bonchev–Trinajstić information content (AvgIpc) is 2.87. The molecule has 1 amide bonds. The van der Waals surface area contributed by atoms with E-state index >= 15 is 0 Å². The number of rotatable bonds is 2. The van der Waals surface area contributed by atoms with Crippen molar-refractivity contribution in [1.82, 2.24) is 4.98 Å². The van der Waals surface area contributed by atoms with Crippen molar-refractivity contribution in [3.63, 3.8) is 0 Å². The van der Waals surface area contributed by atoms with E-state index in [9.17, 15) is 9.90 Å². The summed E-state index contributed by atoms with van der Waals surface area (Å²) in [7, 11) is 0. The number of fused-ring (bicyclic) bond motifs is 1. The van der Waals surface area contributed by atoms with Gasteiger partial charge in [-0.05, 0) is 48.6 Å². The zero-order chi connectivity index (χ0) is 13.3.